The van der Waals surface area contributed by atoms with E-state index in [4.69, 9.17) is 9.47 Å². The van der Waals surface area contributed by atoms with Crippen molar-refractivity contribution in [2.24, 2.45) is 0 Å². The molecule has 1 aliphatic rings. The van der Waals surface area contributed by atoms with Crippen LogP contribution in [0.3, 0.4) is 0 Å². The molecule has 1 saturated heterocycles. The largest absolute Gasteiger partial charge is 0.495 e. The lowest BCUT2D eigenvalue weighted by atomic mass is 10.1. The molecule has 4 rings (SSSR count). The van der Waals surface area contributed by atoms with Crippen molar-refractivity contribution in [3.63, 3.8) is 0 Å². The Balaban J connectivity index is 1.52. The summed E-state index contributed by atoms with van der Waals surface area (Å²) in [6, 6.07) is 20.3. The summed E-state index contributed by atoms with van der Waals surface area (Å²) in [6.07, 6.45) is 0.817. The molecule has 39 heavy (non-hydrogen) atoms. The van der Waals surface area contributed by atoms with Crippen molar-refractivity contribution in [1.82, 2.24) is 5.32 Å². The van der Waals surface area contributed by atoms with E-state index in [1.54, 1.807) is 32.4 Å². The van der Waals surface area contributed by atoms with E-state index in [-0.39, 0.29) is 11.9 Å². The van der Waals surface area contributed by atoms with Gasteiger partial charge in [0, 0.05) is 43.6 Å². The lowest BCUT2D eigenvalue weighted by Gasteiger charge is -2.38. The molecule has 3 amide bonds. The van der Waals surface area contributed by atoms with Crippen LogP contribution in [0, 0.1) is 0 Å². The van der Waals surface area contributed by atoms with Crippen LogP contribution in [0.1, 0.15) is 30.6 Å². The number of piperazine rings is 1. The topological polar surface area (TPSA) is 95.2 Å². The van der Waals surface area contributed by atoms with Crippen LogP contribution < -0.4 is 35.2 Å². The first-order chi connectivity index (χ1) is 18.9. The van der Waals surface area contributed by atoms with Gasteiger partial charge in [-0.15, -0.1) is 0 Å². The number of hydrogen-bond acceptors (Lipinski definition) is 6. The Labute approximate surface area is 230 Å². The molecule has 1 fully saturated rings. The first-order valence-electron chi connectivity index (χ1n) is 13.2. The van der Waals surface area contributed by atoms with Crippen LogP contribution >= 0.6 is 0 Å². The molecule has 3 aromatic rings. The van der Waals surface area contributed by atoms with E-state index in [0.717, 1.165) is 49.7 Å². The van der Waals surface area contributed by atoms with Crippen molar-refractivity contribution in [2.45, 2.75) is 26.3 Å². The number of hydrogen-bond donors (Lipinski definition) is 3. The van der Waals surface area contributed by atoms with E-state index in [1.807, 2.05) is 56.3 Å². The maximum atomic E-state index is 13.3. The van der Waals surface area contributed by atoms with Crippen molar-refractivity contribution in [2.75, 3.05) is 60.8 Å². The summed E-state index contributed by atoms with van der Waals surface area (Å²) in [6.45, 7) is 7.06. The lowest BCUT2D eigenvalue weighted by molar-refractivity contribution is 0.0939. The van der Waals surface area contributed by atoms with Crippen LogP contribution in [0.15, 0.2) is 66.7 Å². The fourth-order valence-electron chi connectivity index (χ4n) is 4.59. The number of methoxy groups -OCH3 is 2. The normalized spacial score (nSPS) is 13.8. The second-order valence-corrected chi connectivity index (χ2v) is 9.44. The minimum Gasteiger partial charge on any atom is -0.495 e. The van der Waals surface area contributed by atoms with Crippen LogP contribution in [0.5, 0.6) is 11.5 Å². The highest BCUT2D eigenvalue weighted by atomic mass is 16.5. The number of nitrogens with zero attached hydrogens (tertiary/aromatic N) is 2. The molecular formula is C30H37N5O4. The molecule has 0 bridgehead atoms. The Bertz CT molecular complexity index is 1290. The Morgan fingerprint density at radius 1 is 0.821 bits per heavy atom. The summed E-state index contributed by atoms with van der Waals surface area (Å²) in [5.74, 6) is 1.24. The maximum absolute atomic E-state index is 13.3. The Kier molecular flexibility index (Phi) is 9.14. The standard InChI is InChI=1S/C30H37N5O4/c1-5-21(2)31-29(36)23-20-22(32-30(37)33-24-10-6-8-12-27(24)38-3)14-15-25(23)34-16-18-35(19-17-34)26-11-7-9-13-28(26)39-4/h6-15,20-21H,5,16-19H2,1-4H3,(H,31,36)(H2,32,33,37). The van der Waals surface area contributed by atoms with Crippen molar-refractivity contribution in [3.05, 3.63) is 72.3 Å². The molecule has 1 heterocycles. The van der Waals surface area contributed by atoms with Gasteiger partial charge in [-0.1, -0.05) is 31.2 Å². The summed E-state index contributed by atoms with van der Waals surface area (Å²) in [7, 11) is 3.24. The number of anilines is 4. The summed E-state index contributed by atoms with van der Waals surface area (Å²) in [5, 5.41) is 8.73. The Morgan fingerprint density at radius 2 is 1.44 bits per heavy atom. The summed E-state index contributed by atoms with van der Waals surface area (Å²) < 4.78 is 10.9. The smallest absolute Gasteiger partial charge is 0.323 e. The number of rotatable bonds is 9. The quantitative estimate of drug-likeness (QED) is 0.351. The van der Waals surface area contributed by atoms with Gasteiger partial charge in [-0.2, -0.15) is 0 Å². The highest BCUT2D eigenvalue weighted by Gasteiger charge is 2.24. The number of amides is 3. The van der Waals surface area contributed by atoms with Crippen molar-refractivity contribution >= 4 is 34.7 Å². The number of benzene rings is 3. The first-order valence-corrected chi connectivity index (χ1v) is 13.2. The van der Waals surface area contributed by atoms with Crippen LogP contribution in [0.2, 0.25) is 0 Å². The van der Waals surface area contributed by atoms with E-state index in [0.29, 0.717) is 22.7 Å². The fraction of sp³-hybridized carbons (Fsp3) is 0.333. The molecule has 3 N–H and O–H groups in total. The zero-order chi connectivity index (χ0) is 27.8. The van der Waals surface area contributed by atoms with Gasteiger partial charge >= 0.3 is 6.03 Å². The minimum absolute atomic E-state index is 0.0261. The molecule has 0 aliphatic carbocycles. The summed E-state index contributed by atoms with van der Waals surface area (Å²) >= 11 is 0. The zero-order valence-corrected chi connectivity index (χ0v) is 23.0. The van der Waals surface area contributed by atoms with E-state index < -0.39 is 6.03 Å². The second kappa shape index (κ2) is 12.9. The van der Waals surface area contributed by atoms with Gasteiger partial charge in [0.1, 0.15) is 11.5 Å². The maximum Gasteiger partial charge on any atom is 0.323 e. The third-order valence-corrected chi connectivity index (χ3v) is 6.89. The highest BCUT2D eigenvalue weighted by Crippen LogP contribution is 2.31. The number of ether oxygens (including phenoxy) is 2. The molecule has 1 unspecified atom stereocenters. The molecule has 0 aromatic heterocycles. The van der Waals surface area contributed by atoms with E-state index >= 15 is 0 Å². The molecule has 9 nitrogen and oxygen atoms in total. The summed E-state index contributed by atoms with van der Waals surface area (Å²) in [5.41, 5.74) is 3.50. The van der Waals surface area contributed by atoms with Gasteiger partial charge in [0.2, 0.25) is 0 Å². The molecule has 0 spiro atoms. The summed E-state index contributed by atoms with van der Waals surface area (Å²) in [4.78, 5) is 30.6. The third kappa shape index (κ3) is 6.73. The number of para-hydroxylation sites is 4. The van der Waals surface area contributed by atoms with Gasteiger partial charge in [0.05, 0.1) is 31.2 Å². The van der Waals surface area contributed by atoms with Gasteiger partial charge < -0.3 is 35.2 Å². The second-order valence-electron chi connectivity index (χ2n) is 9.44. The molecule has 206 valence electrons. The average Bonchev–Trinajstić information content (AvgIpc) is 2.97. The van der Waals surface area contributed by atoms with Gasteiger partial charge in [0.15, 0.2) is 0 Å². The molecule has 1 aliphatic heterocycles. The van der Waals surface area contributed by atoms with Crippen LogP contribution in [0.4, 0.5) is 27.5 Å². The molecule has 3 aromatic carbocycles. The van der Waals surface area contributed by atoms with Crippen LogP contribution in [0.25, 0.3) is 0 Å². The predicted octanol–water partition coefficient (Wildman–Crippen LogP) is 5.20. The van der Waals surface area contributed by atoms with E-state index in [2.05, 4.69) is 31.8 Å². The van der Waals surface area contributed by atoms with E-state index in [9.17, 15) is 9.59 Å². The SMILES string of the molecule is CCC(C)NC(=O)c1cc(NC(=O)Nc2ccccc2OC)ccc1N1CCN(c2ccccc2OC)CC1. The van der Waals surface area contributed by atoms with Crippen molar-refractivity contribution in [3.8, 4) is 11.5 Å². The number of urea groups is 1. The minimum atomic E-state index is -0.425. The first kappa shape index (κ1) is 27.6. The molecule has 0 radical (unpaired) electrons. The highest BCUT2D eigenvalue weighted by molar-refractivity contribution is 6.04. The monoisotopic (exact) mass is 531 g/mol. The van der Waals surface area contributed by atoms with Gasteiger partial charge in [-0.25, -0.2) is 4.79 Å². The van der Waals surface area contributed by atoms with E-state index in [1.165, 1.54) is 0 Å². The zero-order valence-electron chi connectivity index (χ0n) is 23.0. The van der Waals surface area contributed by atoms with Crippen LogP contribution in [-0.2, 0) is 0 Å². The Morgan fingerprint density at radius 3 is 2.10 bits per heavy atom. The fourth-order valence-corrected chi connectivity index (χ4v) is 4.59. The molecule has 1 atom stereocenters. The number of nitrogens with one attached hydrogen (secondary N) is 3. The number of carbonyl (C=O) groups is 2. The lowest BCUT2D eigenvalue weighted by Crippen LogP contribution is -2.47. The van der Waals surface area contributed by atoms with Gasteiger partial charge in [-0.3, -0.25) is 4.79 Å². The van der Waals surface area contributed by atoms with Crippen molar-refractivity contribution in [1.29, 1.82) is 0 Å². The Hall–Kier alpha value is -4.40. The molecule has 9 heteroatoms. The molecular weight excluding hydrogens is 494 g/mol. The van der Waals surface area contributed by atoms with Gasteiger partial charge in [0.25, 0.3) is 5.91 Å². The van der Waals surface area contributed by atoms with Crippen molar-refractivity contribution < 1.29 is 19.1 Å². The third-order valence-electron chi connectivity index (χ3n) is 6.89. The van der Waals surface area contributed by atoms with Crippen LogP contribution in [-0.4, -0.2) is 58.4 Å². The molecule has 0 saturated carbocycles. The average molecular weight is 532 g/mol. The predicted molar refractivity (Wildman–Crippen MR) is 157 cm³/mol. The number of carbonyl (C=O) groups excluding carboxylic acids is 2. The van der Waals surface area contributed by atoms with Gasteiger partial charge in [-0.05, 0) is 55.8 Å².